The lowest BCUT2D eigenvalue weighted by molar-refractivity contribution is 0.102. The summed E-state index contributed by atoms with van der Waals surface area (Å²) in [6, 6.07) is 7.86. The smallest absolute Gasteiger partial charge is 0.258 e. The maximum absolute atomic E-state index is 12.7. The molecule has 0 atom stereocenters. The number of rotatable bonds is 3. The van der Waals surface area contributed by atoms with Crippen LogP contribution in [0.3, 0.4) is 0 Å². The molecule has 0 radical (unpaired) electrons. The minimum atomic E-state index is -0.460. The molecule has 1 amide bonds. The molecule has 2 rings (SSSR count). The third-order valence-corrected chi connectivity index (χ3v) is 2.54. The molecule has 0 saturated carbocycles. The molecule has 2 aromatic rings. The van der Waals surface area contributed by atoms with Gasteiger partial charge < -0.3 is 10.7 Å². The topological polar surface area (TPSA) is 80.0 Å². The number of carbonyl (C=O) groups is 1. The quantitative estimate of drug-likeness (QED) is 0.583. The van der Waals surface area contributed by atoms with Gasteiger partial charge in [0.25, 0.3) is 5.91 Å². The highest BCUT2D eigenvalue weighted by Gasteiger charge is 2.12. The zero-order chi connectivity index (χ0) is 13.8. The summed E-state index contributed by atoms with van der Waals surface area (Å²) in [5, 5.41) is 2.58. The number of benzene rings is 1. The Morgan fingerprint density at radius 3 is 2.74 bits per heavy atom. The highest BCUT2D eigenvalue weighted by atomic mass is 19.1. The minimum Gasteiger partial charge on any atom is -0.323 e. The number of pyridine rings is 1. The lowest BCUT2D eigenvalue weighted by Gasteiger charge is -2.10. The molecule has 0 unspecified atom stereocenters. The number of hydrazine groups is 1. The summed E-state index contributed by atoms with van der Waals surface area (Å²) in [7, 11) is 0. The highest BCUT2D eigenvalue weighted by molar-refractivity contribution is 6.07. The molecular weight excluding hydrogens is 247 g/mol. The monoisotopic (exact) mass is 260 g/mol. The fraction of sp³-hybridized carbons (Fsp3) is 0.0769. The molecule has 1 heterocycles. The zero-order valence-electron chi connectivity index (χ0n) is 10.3. The maximum Gasteiger partial charge on any atom is 0.258 e. The standard InChI is InChI=1S/C13H13FN4O/c1-8-2-4-11(18-15)10(6-8)13(19)17-12-5-3-9(14)7-16-12/h2-7,18H,15H2,1H3,(H,16,17,19). The number of nitrogens with two attached hydrogens (primary N) is 1. The number of aromatic nitrogens is 1. The number of nitrogen functional groups attached to an aromatic ring is 1. The molecule has 0 aliphatic heterocycles. The van der Waals surface area contributed by atoms with Crippen LogP contribution in [0.4, 0.5) is 15.9 Å². The molecule has 0 spiro atoms. The predicted molar refractivity (Wildman–Crippen MR) is 71.1 cm³/mol. The number of hydrogen-bond donors (Lipinski definition) is 3. The first-order valence-electron chi connectivity index (χ1n) is 5.60. The van der Waals surface area contributed by atoms with Crippen molar-refractivity contribution in [3.05, 3.63) is 53.5 Å². The first kappa shape index (κ1) is 13.0. The van der Waals surface area contributed by atoms with E-state index in [-0.39, 0.29) is 11.7 Å². The summed E-state index contributed by atoms with van der Waals surface area (Å²) < 4.78 is 12.7. The number of halogens is 1. The molecule has 1 aromatic heterocycles. The molecule has 0 bridgehead atoms. The fourth-order valence-electron chi connectivity index (χ4n) is 1.61. The van der Waals surface area contributed by atoms with Gasteiger partial charge in [-0.15, -0.1) is 0 Å². The van der Waals surface area contributed by atoms with Crippen LogP contribution in [0.1, 0.15) is 15.9 Å². The third kappa shape index (κ3) is 3.05. The Morgan fingerprint density at radius 1 is 1.32 bits per heavy atom. The normalized spacial score (nSPS) is 10.1. The van der Waals surface area contributed by atoms with Crippen LogP contribution < -0.4 is 16.6 Å². The molecule has 0 aliphatic rings. The Labute approximate surface area is 109 Å². The van der Waals surface area contributed by atoms with Crippen molar-refractivity contribution in [3.8, 4) is 0 Å². The summed E-state index contributed by atoms with van der Waals surface area (Å²) in [6.07, 6.45) is 1.04. The van der Waals surface area contributed by atoms with E-state index in [9.17, 15) is 9.18 Å². The molecule has 6 heteroatoms. The molecule has 0 aliphatic carbocycles. The number of nitrogens with zero attached hydrogens (tertiary/aromatic N) is 1. The van der Waals surface area contributed by atoms with E-state index in [1.54, 1.807) is 12.1 Å². The van der Waals surface area contributed by atoms with Gasteiger partial charge in [-0.2, -0.15) is 0 Å². The Bertz CT molecular complexity index is 598. The Hall–Kier alpha value is -2.47. The molecule has 98 valence electrons. The van der Waals surface area contributed by atoms with Crippen molar-refractivity contribution in [1.82, 2.24) is 4.98 Å². The van der Waals surface area contributed by atoms with E-state index in [0.717, 1.165) is 11.8 Å². The second kappa shape index (κ2) is 5.45. The van der Waals surface area contributed by atoms with Gasteiger partial charge in [-0.1, -0.05) is 11.6 Å². The van der Waals surface area contributed by atoms with E-state index in [1.165, 1.54) is 12.1 Å². The van der Waals surface area contributed by atoms with Crippen LogP contribution in [0.5, 0.6) is 0 Å². The highest BCUT2D eigenvalue weighted by Crippen LogP contribution is 2.17. The van der Waals surface area contributed by atoms with Gasteiger partial charge >= 0.3 is 0 Å². The summed E-state index contributed by atoms with van der Waals surface area (Å²) in [5.74, 6) is 4.81. The number of aryl methyl sites for hydroxylation is 1. The van der Waals surface area contributed by atoms with Gasteiger partial charge in [0, 0.05) is 0 Å². The van der Waals surface area contributed by atoms with Crippen molar-refractivity contribution in [2.24, 2.45) is 5.84 Å². The average Bonchev–Trinajstić information content (AvgIpc) is 2.41. The second-order valence-corrected chi connectivity index (χ2v) is 4.01. The van der Waals surface area contributed by atoms with Crippen LogP contribution >= 0.6 is 0 Å². The molecule has 4 N–H and O–H groups in total. The second-order valence-electron chi connectivity index (χ2n) is 4.01. The van der Waals surface area contributed by atoms with Gasteiger partial charge in [-0.3, -0.25) is 10.6 Å². The number of nitrogens with one attached hydrogen (secondary N) is 2. The van der Waals surface area contributed by atoms with Crippen molar-refractivity contribution in [3.63, 3.8) is 0 Å². The van der Waals surface area contributed by atoms with E-state index in [0.29, 0.717) is 11.3 Å². The number of amides is 1. The lowest BCUT2D eigenvalue weighted by atomic mass is 10.1. The number of hydrogen-bond acceptors (Lipinski definition) is 4. The Balaban J connectivity index is 2.24. The maximum atomic E-state index is 12.7. The lowest BCUT2D eigenvalue weighted by Crippen LogP contribution is -2.18. The van der Waals surface area contributed by atoms with Crippen LogP contribution in [0.2, 0.25) is 0 Å². The van der Waals surface area contributed by atoms with Crippen LogP contribution in [-0.4, -0.2) is 10.9 Å². The number of anilines is 2. The van der Waals surface area contributed by atoms with Crippen molar-refractivity contribution >= 4 is 17.4 Å². The average molecular weight is 260 g/mol. The first-order valence-corrected chi connectivity index (χ1v) is 5.60. The van der Waals surface area contributed by atoms with Gasteiger partial charge in [-0.25, -0.2) is 9.37 Å². The SMILES string of the molecule is Cc1ccc(NN)c(C(=O)Nc2ccc(F)cn2)c1. The molecule has 0 saturated heterocycles. The van der Waals surface area contributed by atoms with E-state index in [1.807, 2.05) is 13.0 Å². The van der Waals surface area contributed by atoms with Crippen molar-refractivity contribution in [2.45, 2.75) is 6.92 Å². The van der Waals surface area contributed by atoms with Gasteiger partial charge in [0.05, 0.1) is 17.4 Å². The van der Waals surface area contributed by atoms with E-state index in [2.05, 4.69) is 15.7 Å². The third-order valence-electron chi connectivity index (χ3n) is 2.54. The minimum absolute atomic E-state index is 0.274. The van der Waals surface area contributed by atoms with Gasteiger partial charge in [0.2, 0.25) is 0 Å². The molecule has 19 heavy (non-hydrogen) atoms. The number of carbonyl (C=O) groups excluding carboxylic acids is 1. The summed E-state index contributed by atoms with van der Waals surface area (Å²) in [5.41, 5.74) is 4.29. The van der Waals surface area contributed by atoms with Crippen LogP contribution in [0.15, 0.2) is 36.5 Å². The molecular formula is C13H13FN4O. The molecule has 0 fully saturated rings. The van der Waals surface area contributed by atoms with Gasteiger partial charge in [0.1, 0.15) is 11.6 Å². The summed E-state index contributed by atoms with van der Waals surface area (Å²) >= 11 is 0. The van der Waals surface area contributed by atoms with Crippen molar-refractivity contribution < 1.29 is 9.18 Å². The van der Waals surface area contributed by atoms with Crippen LogP contribution in [0, 0.1) is 12.7 Å². The van der Waals surface area contributed by atoms with E-state index >= 15 is 0 Å². The largest absolute Gasteiger partial charge is 0.323 e. The van der Waals surface area contributed by atoms with Crippen LogP contribution in [0.25, 0.3) is 0 Å². The van der Waals surface area contributed by atoms with Gasteiger partial charge in [0.15, 0.2) is 0 Å². The Morgan fingerprint density at radius 2 is 2.11 bits per heavy atom. The summed E-state index contributed by atoms with van der Waals surface area (Å²) in [6.45, 7) is 1.87. The first-order chi connectivity index (χ1) is 9.10. The van der Waals surface area contributed by atoms with Crippen LogP contribution in [-0.2, 0) is 0 Å². The Kier molecular flexibility index (Phi) is 3.72. The van der Waals surface area contributed by atoms with Crippen molar-refractivity contribution in [2.75, 3.05) is 10.7 Å². The van der Waals surface area contributed by atoms with Crippen molar-refractivity contribution in [1.29, 1.82) is 0 Å². The van der Waals surface area contributed by atoms with Gasteiger partial charge in [-0.05, 0) is 31.2 Å². The van der Waals surface area contributed by atoms with E-state index < -0.39 is 5.82 Å². The zero-order valence-corrected chi connectivity index (χ0v) is 10.3. The predicted octanol–water partition coefficient (Wildman–Crippen LogP) is 2.07. The molecule has 5 nitrogen and oxygen atoms in total. The molecule has 1 aromatic carbocycles. The fourth-order valence-corrected chi connectivity index (χ4v) is 1.61. The summed E-state index contributed by atoms with van der Waals surface area (Å²) in [4.78, 5) is 15.9. The van der Waals surface area contributed by atoms with E-state index in [4.69, 9.17) is 5.84 Å².